The van der Waals surface area contributed by atoms with Gasteiger partial charge in [-0.2, -0.15) is 4.98 Å². The molecular formula is C21H30N4O5. The highest BCUT2D eigenvalue weighted by atomic mass is 16.6. The molecule has 1 fully saturated rings. The number of hydrogen-bond acceptors (Lipinski definition) is 8. The lowest BCUT2D eigenvalue weighted by molar-refractivity contribution is 0.0519. The number of rotatable bonds is 7. The Morgan fingerprint density at radius 1 is 1.20 bits per heavy atom. The molecule has 0 saturated heterocycles. The highest BCUT2D eigenvalue weighted by Crippen LogP contribution is 2.32. The molecule has 1 aliphatic carbocycles. The van der Waals surface area contributed by atoms with Gasteiger partial charge in [0.05, 0.1) is 14.2 Å². The van der Waals surface area contributed by atoms with E-state index in [1.807, 2.05) is 26.8 Å². The molecule has 1 saturated carbocycles. The summed E-state index contributed by atoms with van der Waals surface area (Å²) in [7, 11) is 3.17. The predicted octanol–water partition coefficient (Wildman–Crippen LogP) is 3.86. The van der Waals surface area contributed by atoms with Crippen LogP contribution in [0.2, 0.25) is 0 Å². The van der Waals surface area contributed by atoms with Crippen molar-refractivity contribution in [2.24, 2.45) is 5.92 Å². The summed E-state index contributed by atoms with van der Waals surface area (Å²) in [5, 5.41) is 10.2. The second kappa shape index (κ2) is 9.23. The Hall–Kier alpha value is -2.97. The first-order chi connectivity index (χ1) is 14.3. The highest BCUT2D eigenvalue weighted by Gasteiger charge is 2.29. The van der Waals surface area contributed by atoms with Gasteiger partial charge in [-0.15, -0.1) is 0 Å². The van der Waals surface area contributed by atoms with Gasteiger partial charge in [-0.3, -0.25) is 0 Å². The SMILES string of the molecule is COc1ccc(-c2noc(NC3CCCC3CNC(=O)OC(C)(C)C)n2)cc1OC. The molecule has 164 valence electrons. The van der Waals surface area contributed by atoms with Gasteiger partial charge in [0.25, 0.3) is 0 Å². The van der Waals surface area contributed by atoms with Crippen LogP contribution in [0.1, 0.15) is 40.0 Å². The van der Waals surface area contributed by atoms with E-state index in [0.717, 1.165) is 24.8 Å². The molecule has 2 atom stereocenters. The number of benzene rings is 1. The number of methoxy groups -OCH3 is 2. The van der Waals surface area contributed by atoms with E-state index >= 15 is 0 Å². The van der Waals surface area contributed by atoms with Gasteiger partial charge in [0.1, 0.15) is 5.60 Å². The second-order valence-corrected chi connectivity index (χ2v) is 8.32. The van der Waals surface area contributed by atoms with Crippen molar-refractivity contribution in [1.82, 2.24) is 15.5 Å². The van der Waals surface area contributed by atoms with Gasteiger partial charge in [-0.05, 0) is 57.7 Å². The molecule has 2 aromatic rings. The molecule has 1 aromatic carbocycles. The molecule has 1 heterocycles. The first-order valence-corrected chi connectivity index (χ1v) is 10.1. The average Bonchev–Trinajstić information content (AvgIpc) is 3.34. The molecule has 9 nitrogen and oxygen atoms in total. The van der Waals surface area contributed by atoms with Crippen LogP contribution in [0.4, 0.5) is 10.8 Å². The van der Waals surface area contributed by atoms with Crippen molar-refractivity contribution in [2.75, 3.05) is 26.1 Å². The number of carbonyl (C=O) groups excluding carboxylic acids is 1. The smallest absolute Gasteiger partial charge is 0.407 e. The van der Waals surface area contributed by atoms with Gasteiger partial charge in [-0.1, -0.05) is 11.6 Å². The number of aromatic nitrogens is 2. The molecule has 2 unspecified atom stereocenters. The zero-order valence-electron chi connectivity index (χ0n) is 18.2. The maximum atomic E-state index is 11.9. The van der Waals surface area contributed by atoms with E-state index in [9.17, 15) is 4.79 Å². The molecule has 1 aliphatic rings. The van der Waals surface area contributed by atoms with E-state index in [0.29, 0.717) is 29.9 Å². The van der Waals surface area contributed by atoms with Crippen molar-refractivity contribution in [3.05, 3.63) is 18.2 Å². The van der Waals surface area contributed by atoms with Gasteiger partial charge >= 0.3 is 12.1 Å². The van der Waals surface area contributed by atoms with Crippen LogP contribution in [-0.2, 0) is 4.74 Å². The second-order valence-electron chi connectivity index (χ2n) is 8.32. The number of alkyl carbamates (subject to hydrolysis) is 1. The van der Waals surface area contributed by atoms with Gasteiger partial charge in [0.15, 0.2) is 11.5 Å². The minimum absolute atomic E-state index is 0.138. The van der Waals surface area contributed by atoms with Gasteiger partial charge in [-0.25, -0.2) is 4.79 Å². The van der Waals surface area contributed by atoms with E-state index in [4.69, 9.17) is 18.7 Å². The fourth-order valence-electron chi connectivity index (χ4n) is 3.53. The summed E-state index contributed by atoms with van der Waals surface area (Å²) in [5.41, 5.74) is 0.251. The third kappa shape index (κ3) is 5.55. The molecular weight excluding hydrogens is 388 g/mol. The molecule has 1 amide bonds. The Morgan fingerprint density at radius 2 is 1.97 bits per heavy atom. The van der Waals surface area contributed by atoms with Crippen LogP contribution in [0.15, 0.2) is 22.7 Å². The number of ether oxygens (including phenoxy) is 3. The van der Waals surface area contributed by atoms with Crippen molar-refractivity contribution in [2.45, 2.75) is 51.7 Å². The van der Waals surface area contributed by atoms with E-state index in [1.54, 1.807) is 26.4 Å². The number of carbonyl (C=O) groups is 1. The monoisotopic (exact) mass is 418 g/mol. The lowest BCUT2D eigenvalue weighted by atomic mass is 10.0. The average molecular weight is 418 g/mol. The molecule has 0 bridgehead atoms. The van der Waals surface area contributed by atoms with Crippen LogP contribution >= 0.6 is 0 Å². The number of nitrogens with one attached hydrogen (secondary N) is 2. The third-order valence-corrected chi connectivity index (χ3v) is 4.94. The summed E-state index contributed by atoms with van der Waals surface area (Å²) in [6.07, 6.45) is 2.63. The van der Waals surface area contributed by atoms with Crippen molar-refractivity contribution < 1.29 is 23.5 Å². The van der Waals surface area contributed by atoms with Crippen molar-refractivity contribution in [3.8, 4) is 22.9 Å². The van der Waals surface area contributed by atoms with E-state index in [1.165, 1.54) is 0 Å². The van der Waals surface area contributed by atoms with Crippen LogP contribution in [-0.4, -0.2) is 48.6 Å². The Bertz CT molecular complexity index is 861. The molecule has 3 rings (SSSR count). The lowest BCUT2D eigenvalue weighted by Gasteiger charge is -2.23. The van der Waals surface area contributed by atoms with E-state index in [-0.39, 0.29) is 12.0 Å². The first-order valence-electron chi connectivity index (χ1n) is 10.1. The minimum atomic E-state index is -0.512. The van der Waals surface area contributed by atoms with Crippen LogP contribution in [0.25, 0.3) is 11.4 Å². The third-order valence-electron chi connectivity index (χ3n) is 4.94. The summed E-state index contributed by atoms with van der Waals surface area (Å²) < 4.78 is 21.3. The maximum Gasteiger partial charge on any atom is 0.407 e. The summed E-state index contributed by atoms with van der Waals surface area (Å²) in [5.74, 6) is 1.95. The van der Waals surface area contributed by atoms with Crippen molar-refractivity contribution in [1.29, 1.82) is 0 Å². The van der Waals surface area contributed by atoms with Crippen LogP contribution in [0.5, 0.6) is 11.5 Å². The Balaban J connectivity index is 1.60. The standard InChI is InChI=1S/C21H30N4O5/c1-21(2,3)29-20(26)22-12-14-7-6-8-15(14)23-19-24-18(25-30-19)13-9-10-16(27-4)17(11-13)28-5/h9-11,14-15H,6-8,12H2,1-5H3,(H,22,26)(H,23,24,25). The Morgan fingerprint density at radius 3 is 2.67 bits per heavy atom. The number of nitrogens with zero attached hydrogens (tertiary/aromatic N) is 2. The summed E-state index contributed by atoms with van der Waals surface area (Å²) in [4.78, 5) is 16.4. The molecule has 0 spiro atoms. The molecule has 0 aliphatic heterocycles. The van der Waals surface area contributed by atoms with E-state index < -0.39 is 11.7 Å². The zero-order chi connectivity index (χ0) is 21.7. The van der Waals surface area contributed by atoms with Crippen molar-refractivity contribution >= 4 is 12.1 Å². The van der Waals surface area contributed by atoms with Crippen molar-refractivity contribution in [3.63, 3.8) is 0 Å². The number of anilines is 1. The fraction of sp³-hybridized carbons (Fsp3) is 0.571. The van der Waals surface area contributed by atoms with Gasteiger partial charge < -0.3 is 29.4 Å². The minimum Gasteiger partial charge on any atom is -0.493 e. The molecule has 1 aromatic heterocycles. The van der Waals surface area contributed by atoms with Gasteiger partial charge in [0, 0.05) is 18.2 Å². The van der Waals surface area contributed by atoms with Crippen LogP contribution in [0, 0.1) is 5.92 Å². The summed E-state index contributed by atoms with van der Waals surface area (Å²) in [6, 6.07) is 5.94. The Labute approximate surface area is 176 Å². The molecule has 9 heteroatoms. The normalized spacial score (nSPS) is 18.7. The maximum absolute atomic E-state index is 11.9. The van der Waals surface area contributed by atoms with Crippen LogP contribution < -0.4 is 20.1 Å². The number of amides is 1. The summed E-state index contributed by atoms with van der Waals surface area (Å²) in [6.45, 7) is 6.07. The summed E-state index contributed by atoms with van der Waals surface area (Å²) >= 11 is 0. The highest BCUT2D eigenvalue weighted by molar-refractivity contribution is 5.67. The molecule has 0 radical (unpaired) electrons. The van der Waals surface area contributed by atoms with Gasteiger partial charge in [0.2, 0.25) is 5.82 Å². The lowest BCUT2D eigenvalue weighted by Crippen LogP contribution is -2.38. The fourth-order valence-corrected chi connectivity index (χ4v) is 3.53. The number of hydrogen-bond donors (Lipinski definition) is 2. The largest absolute Gasteiger partial charge is 0.493 e. The predicted molar refractivity (Wildman–Crippen MR) is 112 cm³/mol. The topological polar surface area (TPSA) is 108 Å². The first kappa shape index (κ1) is 21.7. The molecule has 2 N–H and O–H groups in total. The van der Waals surface area contributed by atoms with E-state index in [2.05, 4.69) is 20.8 Å². The quantitative estimate of drug-likeness (QED) is 0.698. The van der Waals surface area contributed by atoms with Crippen LogP contribution in [0.3, 0.4) is 0 Å². The Kier molecular flexibility index (Phi) is 6.69. The zero-order valence-corrected chi connectivity index (χ0v) is 18.2. The molecule has 30 heavy (non-hydrogen) atoms.